The quantitative estimate of drug-likeness (QED) is 0.720. The van der Waals surface area contributed by atoms with E-state index in [1.54, 1.807) is 16.9 Å². The van der Waals surface area contributed by atoms with Crippen molar-refractivity contribution in [2.24, 2.45) is 0 Å². The normalized spacial score (nSPS) is 22.6. The molecule has 5 heterocycles. The summed E-state index contributed by atoms with van der Waals surface area (Å²) in [6.45, 7) is 3.30. The van der Waals surface area contributed by atoms with Crippen LogP contribution in [0.2, 0.25) is 0 Å². The molecule has 2 saturated heterocycles. The van der Waals surface area contributed by atoms with Gasteiger partial charge in [-0.3, -0.25) is 4.79 Å². The summed E-state index contributed by atoms with van der Waals surface area (Å²) in [5.41, 5.74) is 3.23. The van der Waals surface area contributed by atoms with Gasteiger partial charge in [-0.15, -0.1) is 0 Å². The molecule has 0 saturated carbocycles. The number of likely N-dealkylation sites (tertiary alicyclic amines) is 1. The van der Waals surface area contributed by atoms with Crippen molar-refractivity contribution < 1.29 is 13.9 Å². The summed E-state index contributed by atoms with van der Waals surface area (Å²) < 4.78 is 12.7. The Balaban J connectivity index is 1.61. The van der Waals surface area contributed by atoms with E-state index in [9.17, 15) is 4.79 Å². The number of pyridine rings is 1. The van der Waals surface area contributed by atoms with E-state index < -0.39 is 0 Å². The molecule has 2 unspecified atom stereocenters. The average Bonchev–Trinajstić information content (AvgIpc) is 3.34. The molecule has 2 aliphatic heterocycles. The summed E-state index contributed by atoms with van der Waals surface area (Å²) in [7, 11) is 0. The predicted molar refractivity (Wildman–Crippen MR) is 84.6 cm³/mol. The van der Waals surface area contributed by atoms with E-state index in [-0.39, 0.29) is 18.1 Å². The van der Waals surface area contributed by atoms with Crippen molar-refractivity contribution in [1.29, 1.82) is 0 Å². The molecule has 1 amide bonds. The number of carbonyl (C=O) groups excluding carboxylic acids is 1. The molecular formula is C17H16N4O3. The number of aromatic nitrogens is 3. The third kappa shape index (κ3) is 1.91. The molecule has 0 aromatic carbocycles. The monoisotopic (exact) mass is 324 g/mol. The molecule has 2 fully saturated rings. The molecule has 2 bridgehead atoms. The lowest BCUT2D eigenvalue weighted by atomic mass is 10.1. The van der Waals surface area contributed by atoms with Gasteiger partial charge in [-0.1, -0.05) is 0 Å². The summed E-state index contributed by atoms with van der Waals surface area (Å²) in [5, 5.41) is 4.42. The first-order valence-electron chi connectivity index (χ1n) is 8.00. The van der Waals surface area contributed by atoms with Gasteiger partial charge < -0.3 is 14.1 Å². The van der Waals surface area contributed by atoms with E-state index in [4.69, 9.17) is 9.15 Å². The number of hydrogen-bond donors (Lipinski definition) is 0. The molecule has 0 spiro atoms. The Morgan fingerprint density at radius 1 is 1.33 bits per heavy atom. The van der Waals surface area contributed by atoms with Crippen molar-refractivity contribution >= 4 is 11.4 Å². The van der Waals surface area contributed by atoms with E-state index in [2.05, 4.69) is 10.1 Å². The number of rotatable bonds is 2. The molecule has 0 aliphatic carbocycles. The van der Waals surface area contributed by atoms with Gasteiger partial charge in [-0.2, -0.15) is 5.10 Å². The highest BCUT2D eigenvalue weighted by molar-refractivity contribution is 6.01. The molecule has 5 rings (SSSR count). The van der Waals surface area contributed by atoms with Crippen LogP contribution < -0.4 is 0 Å². The lowest BCUT2D eigenvalue weighted by Gasteiger charge is -2.26. The minimum atomic E-state index is 0.0231. The molecule has 0 radical (unpaired) electrons. The Morgan fingerprint density at radius 2 is 2.25 bits per heavy atom. The second kappa shape index (κ2) is 4.91. The first-order valence-corrected chi connectivity index (χ1v) is 8.00. The van der Waals surface area contributed by atoms with Gasteiger partial charge in [0, 0.05) is 6.54 Å². The number of carbonyl (C=O) groups is 1. The molecule has 24 heavy (non-hydrogen) atoms. The summed E-state index contributed by atoms with van der Waals surface area (Å²) >= 11 is 0. The topological polar surface area (TPSA) is 72.9 Å². The van der Waals surface area contributed by atoms with Crippen LogP contribution in [-0.2, 0) is 4.74 Å². The highest BCUT2D eigenvalue weighted by Crippen LogP contribution is 2.31. The van der Waals surface area contributed by atoms with Crippen molar-refractivity contribution in [2.45, 2.75) is 25.5 Å². The molecular weight excluding hydrogens is 308 g/mol. The van der Waals surface area contributed by atoms with Crippen molar-refractivity contribution in [3.05, 3.63) is 42.0 Å². The average molecular weight is 324 g/mol. The predicted octanol–water partition coefficient (Wildman–Crippen LogP) is 1.91. The third-order valence-electron chi connectivity index (χ3n) is 4.84. The van der Waals surface area contributed by atoms with E-state index in [1.165, 1.54) is 6.39 Å². The van der Waals surface area contributed by atoms with Crippen LogP contribution in [0.1, 0.15) is 22.3 Å². The molecule has 3 aromatic heterocycles. The van der Waals surface area contributed by atoms with Gasteiger partial charge in [0.05, 0.1) is 42.2 Å². The van der Waals surface area contributed by atoms with Gasteiger partial charge in [0.1, 0.15) is 5.69 Å². The fourth-order valence-electron chi connectivity index (χ4n) is 3.71. The molecule has 7 nitrogen and oxygen atoms in total. The zero-order valence-corrected chi connectivity index (χ0v) is 13.2. The zero-order chi connectivity index (χ0) is 16.3. The fourth-order valence-corrected chi connectivity index (χ4v) is 3.71. The molecule has 7 heteroatoms. The van der Waals surface area contributed by atoms with Crippen LogP contribution in [0.5, 0.6) is 0 Å². The number of oxazole rings is 1. The summed E-state index contributed by atoms with van der Waals surface area (Å²) in [6.07, 6.45) is 5.80. The summed E-state index contributed by atoms with van der Waals surface area (Å²) in [6, 6.07) is 4.14. The maximum atomic E-state index is 13.0. The lowest BCUT2D eigenvalue weighted by Crippen LogP contribution is -2.41. The molecule has 2 atom stereocenters. The first-order chi connectivity index (χ1) is 11.7. The van der Waals surface area contributed by atoms with Gasteiger partial charge in [-0.25, -0.2) is 9.50 Å². The maximum absolute atomic E-state index is 13.0. The van der Waals surface area contributed by atoms with Crippen LogP contribution in [0.15, 0.2) is 35.3 Å². The van der Waals surface area contributed by atoms with Crippen molar-refractivity contribution in [1.82, 2.24) is 19.5 Å². The number of nitrogens with zero attached hydrogens (tertiary/aromatic N) is 4. The number of amides is 1. The Kier molecular flexibility index (Phi) is 2.81. The minimum Gasteiger partial charge on any atom is -0.442 e. The van der Waals surface area contributed by atoms with Crippen LogP contribution in [0, 0.1) is 6.92 Å². The van der Waals surface area contributed by atoms with Crippen LogP contribution in [0.3, 0.4) is 0 Å². The van der Waals surface area contributed by atoms with Gasteiger partial charge >= 0.3 is 0 Å². The number of aryl methyl sites for hydroxylation is 1. The third-order valence-corrected chi connectivity index (χ3v) is 4.84. The Bertz CT molecular complexity index is 931. The zero-order valence-electron chi connectivity index (χ0n) is 13.2. The smallest absolute Gasteiger partial charge is 0.258 e. The van der Waals surface area contributed by atoms with E-state index >= 15 is 0 Å². The fraction of sp³-hybridized carbons (Fsp3) is 0.353. The molecule has 122 valence electrons. The first kappa shape index (κ1) is 13.7. The van der Waals surface area contributed by atoms with E-state index in [1.807, 2.05) is 24.0 Å². The molecule has 2 aliphatic rings. The van der Waals surface area contributed by atoms with Gasteiger partial charge in [-0.05, 0) is 31.0 Å². The Hall–Kier alpha value is -2.67. The highest BCUT2D eigenvalue weighted by Gasteiger charge is 2.42. The number of morpholine rings is 1. The van der Waals surface area contributed by atoms with Crippen LogP contribution in [-0.4, -0.2) is 50.7 Å². The second-order valence-corrected chi connectivity index (χ2v) is 6.44. The number of ether oxygens (including phenoxy) is 1. The van der Waals surface area contributed by atoms with Gasteiger partial charge in [0.25, 0.3) is 5.91 Å². The summed E-state index contributed by atoms with van der Waals surface area (Å²) in [4.78, 5) is 18.9. The number of hydrogen-bond acceptors (Lipinski definition) is 5. The van der Waals surface area contributed by atoms with Crippen molar-refractivity contribution in [3.8, 4) is 11.5 Å². The Morgan fingerprint density at radius 3 is 2.96 bits per heavy atom. The maximum Gasteiger partial charge on any atom is 0.258 e. The van der Waals surface area contributed by atoms with Gasteiger partial charge in [0.15, 0.2) is 12.2 Å². The van der Waals surface area contributed by atoms with Crippen molar-refractivity contribution in [3.63, 3.8) is 0 Å². The standard InChI is InChI=1S/C17H16N4O3/c1-10-2-14-13(17(22)20-7-12-4-11(20)8-23-12)5-19-21(14)15(3-10)16-6-18-9-24-16/h2-3,5-6,9,11-12H,4,7-8H2,1H3. The van der Waals surface area contributed by atoms with Crippen LogP contribution >= 0.6 is 0 Å². The van der Waals surface area contributed by atoms with E-state index in [0.29, 0.717) is 24.5 Å². The van der Waals surface area contributed by atoms with Crippen LogP contribution in [0.4, 0.5) is 0 Å². The number of fused-ring (bicyclic) bond motifs is 3. The second-order valence-electron chi connectivity index (χ2n) is 6.44. The summed E-state index contributed by atoms with van der Waals surface area (Å²) in [5.74, 6) is 0.648. The lowest BCUT2D eigenvalue weighted by molar-refractivity contribution is 0.0260. The molecule has 3 aromatic rings. The SMILES string of the molecule is Cc1cc(-c2cnco2)n2ncc(C(=O)N3CC4CC3CO4)c2c1. The Labute approximate surface area is 137 Å². The van der Waals surface area contributed by atoms with Crippen LogP contribution in [0.25, 0.3) is 17.0 Å². The largest absolute Gasteiger partial charge is 0.442 e. The molecule has 0 N–H and O–H groups in total. The van der Waals surface area contributed by atoms with Crippen molar-refractivity contribution in [2.75, 3.05) is 13.2 Å². The highest BCUT2D eigenvalue weighted by atomic mass is 16.5. The van der Waals surface area contributed by atoms with E-state index in [0.717, 1.165) is 23.2 Å². The van der Waals surface area contributed by atoms with Gasteiger partial charge in [0.2, 0.25) is 0 Å². The minimum absolute atomic E-state index is 0.0231.